The van der Waals surface area contributed by atoms with Crippen LogP contribution in [0.5, 0.6) is 0 Å². The highest BCUT2D eigenvalue weighted by Crippen LogP contribution is 2.28. The summed E-state index contributed by atoms with van der Waals surface area (Å²) in [5, 5.41) is 0. The Balaban J connectivity index is 2.47. The Hall–Kier alpha value is -2.09. The number of carbonyl (C=O) groups excluding carboxylic acids is 1. The van der Waals surface area contributed by atoms with Gasteiger partial charge in [-0.2, -0.15) is 0 Å². The number of hydrogen-bond donors (Lipinski definition) is 0. The second-order valence-electron chi connectivity index (χ2n) is 5.86. The van der Waals surface area contributed by atoms with Crippen molar-refractivity contribution in [1.82, 2.24) is 0 Å². The number of esters is 1. The Labute approximate surface area is 120 Å². The molecule has 0 bridgehead atoms. The van der Waals surface area contributed by atoms with Crippen molar-refractivity contribution in [2.45, 2.75) is 33.3 Å². The number of hydrogen-bond acceptors (Lipinski definition) is 2. The summed E-state index contributed by atoms with van der Waals surface area (Å²) in [5.74, 6) is -0.281. The summed E-state index contributed by atoms with van der Waals surface area (Å²) < 4.78 is 5.49. The molecule has 0 heterocycles. The average molecular weight is 268 g/mol. The molecule has 0 fully saturated rings. The van der Waals surface area contributed by atoms with E-state index in [1.54, 1.807) is 0 Å². The second-order valence-corrected chi connectivity index (χ2v) is 5.86. The predicted molar refractivity (Wildman–Crippen MR) is 81.8 cm³/mol. The second kappa shape index (κ2) is 5.49. The Morgan fingerprint density at radius 1 is 0.900 bits per heavy atom. The molecule has 0 atom stereocenters. The van der Waals surface area contributed by atoms with E-state index in [0.29, 0.717) is 5.56 Å². The number of benzene rings is 2. The Bertz CT molecular complexity index is 621. The minimum absolute atomic E-state index is 0.281. The summed E-state index contributed by atoms with van der Waals surface area (Å²) >= 11 is 0. The van der Waals surface area contributed by atoms with Gasteiger partial charge < -0.3 is 4.74 Å². The topological polar surface area (TPSA) is 26.3 Å². The van der Waals surface area contributed by atoms with Gasteiger partial charge in [0, 0.05) is 0 Å². The third-order valence-electron chi connectivity index (χ3n) is 2.98. The molecule has 2 rings (SSSR count). The van der Waals surface area contributed by atoms with E-state index in [-0.39, 0.29) is 5.97 Å². The highest BCUT2D eigenvalue weighted by Gasteiger charge is 2.20. The highest BCUT2D eigenvalue weighted by atomic mass is 16.6. The van der Waals surface area contributed by atoms with Crippen LogP contribution in [-0.4, -0.2) is 11.6 Å². The lowest BCUT2D eigenvalue weighted by molar-refractivity contribution is 0.00705. The highest BCUT2D eigenvalue weighted by molar-refractivity contribution is 5.97. The Kier molecular flexibility index (Phi) is 3.93. The zero-order valence-corrected chi connectivity index (χ0v) is 12.4. The molecule has 0 saturated carbocycles. The van der Waals surface area contributed by atoms with Gasteiger partial charge in [-0.15, -0.1) is 0 Å². The fourth-order valence-corrected chi connectivity index (χ4v) is 2.10. The smallest absolute Gasteiger partial charge is 0.339 e. The summed E-state index contributed by atoms with van der Waals surface area (Å²) in [6.45, 7) is 7.67. The lowest BCUT2D eigenvalue weighted by Gasteiger charge is -2.20. The molecule has 0 aromatic heterocycles. The molecule has 0 amide bonds. The molecule has 0 saturated heterocycles. The quantitative estimate of drug-likeness (QED) is 0.743. The van der Waals surface area contributed by atoms with E-state index in [4.69, 9.17) is 4.74 Å². The molecule has 0 N–H and O–H groups in total. The minimum atomic E-state index is -0.490. The third-order valence-corrected chi connectivity index (χ3v) is 2.98. The molecule has 0 aliphatic heterocycles. The number of aryl methyl sites for hydroxylation is 1. The lowest BCUT2D eigenvalue weighted by Crippen LogP contribution is -2.24. The molecule has 2 nitrogen and oxygen atoms in total. The van der Waals surface area contributed by atoms with Crippen LogP contribution in [0.25, 0.3) is 11.1 Å². The van der Waals surface area contributed by atoms with Gasteiger partial charge >= 0.3 is 5.97 Å². The van der Waals surface area contributed by atoms with Gasteiger partial charge in [0.25, 0.3) is 0 Å². The maximum Gasteiger partial charge on any atom is 0.339 e. The normalized spacial score (nSPS) is 11.2. The largest absolute Gasteiger partial charge is 0.456 e. The molecule has 2 aromatic rings. The van der Waals surface area contributed by atoms with Crippen molar-refractivity contribution in [1.29, 1.82) is 0 Å². The zero-order valence-electron chi connectivity index (χ0n) is 12.4. The van der Waals surface area contributed by atoms with Crippen molar-refractivity contribution < 1.29 is 9.53 Å². The first-order chi connectivity index (χ1) is 9.38. The van der Waals surface area contributed by atoms with Crippen LogP contribution >= 0.6 is 0 Å². The van der Waals surface area contributed by atoms with Crippen molar-refractivity contribution in [3.8, 4) is 11.1 Å². The molecule has 2 aromatic carbocycles. The maximum atomic E-state index is 12.3. The summed E-state index contributed by atoms with van der Waals surface area (Å²) in [7, 11) is 0. The van der Waals surface area contributed by atoms with Gasteiger partial charge in [0.05, 0.1) is 5.56 Å². The summed E-state index contributed by atoms with van der Waals surface area (Å²) in [6, 6.07) is 15.6. The van der Waals surface area contributed by atoms with Crippen molar-refractivity contribution >= 4 is 5.97 Å². The first-order valence-electron chi connectivity index (χ1n) is 6.77. The molecule has 20 heavy (non-hydrogen) atoms. The van der Waals surface area contributed by atoms with Crippen LogP contribution in [0.1, 0.15) is 36.7 Å². The number of carbonyl (C=O) groups is 1. The lowest BCUT2D eigenvalue weighted by atomic mass is 9.96. The van der Waals surface area contributed by atoms with Gasteiger partial charge in [-0.25, -0.2) is 4.79 Å². The minimum Gasteiger partial charge on any atom is -0.456 e. The van der Waals surface area contributed by atoms with E-state index in [0.717, 1.165) is 16.7 Å². The first kappa shape index (κ1) is 14.3. The standard InChI is InChI=1S/C18H20O2/c1-13-9-5-6-10-14(13)15-11-7-8-12-16(15)17(19)20-18(2,3)4/h5-12H,1-4H3. The molecule has 0 radical (unpaired) electrons. The van der Waals surface area contributed by atoms with Gasteiger partial charge in [0.15, 0.2) is 0 Å². The SMILES string of the molecule is Cc1ccccc1-c1ccccc1C(=O)OC(C)(C)C. The van der Waals surface area contributed by atoms with Crippen LogP contribution in [0, 0.1) is 6.92 Å². The molecule has 104 valence electrons. The van der Waals surface area contributed by atoms with Gasteiger partial charge in [0.2, 0.25) is 0 Å². The van der Waals surface area contributed by atoms with Crippen LogP contribution in [0.3, 0.4) is 0 Å². The summed E-state index contributed by atoms with van der Waals surface area (Å²) in [4.78, 5) is 12.3. The van der Waals surface area contributed by atoms with Crippen molar-refractivity contribution in [2.24, 2.45) is 0 Å². The van der Waals surface area contributed by atoms with Crippen LogP contribution < -0.4 is 0 Å². The number of ether oxygens (including phenoxy) is 1. The van der Waals surface area contributed by atoms with E-state index in [1.165, 1.54) is 0 Å². The van der Waals surface area contributed by atoms with Crippen molar-refractivity contribution in [3.63, 3.8) is 0 Å². The van der Waals surface area contributed by atoms with Gasteiger partial charge in [0.1, 0.15) is 5.60 Å². The maximum absolute atomic E-state index is 12.3. The van der Waals surface area contributed by atoms with E-state index in [2.05, 4.69) is 0 Å². The molecule has 0 unspecified atom stereocenters. The predicted octanol–water partition coefficient (Wildman–Crippen LogP) is 4.62. The average Bonchev–Trinajstić information content (AvgIpc) is 2.37. The van der Waals surface area contributed by atoms with E-state index in [1.807, 2.05) is 76.2 Å². The molecule has 0 aliphatic carbocycles. The molecule has 2 heteroatoms. The van der Waals surface area contributed by atoms with Crippen LogP contribution in [0.4, 0.5) is 0 Å². The van der Waals surface area contributed by atoms with E-state index >= 15 is 0 Å². The van der Waals surface area contributed by atoms with Crippen molar-refractivity contribution in [3.05, 3.63) is 59.7 Å². The number of rotatable bonds is 2. The first-order valence-corrected chi connectivity index (χ1v) is 6.77. The Morgan fingerprint density at radius 2 is 1.45 bits per heavy atom. The third kappa shape index (κ3) is 3.27. The van der Waals surface area contributed by atoms with Gasteiger partial charge in [-0.1, -0.05) is 42.5 Å². The van der Waals surface area contributed by atoms with Crippen LogP contribution in [-0.2, 0) is 4.74 Å². The van der Waals surface area contributed by atoms with Crippen LogP contribution in [0.15, 0.2) is 48.5 Å². The van der Waals surface area contributed by atoms with Crippen LogP contribution in [0.2, 0.25) is 0 Å². The molecular weight excluding hydrogens is 248 g/mol. The fourth-order valence-electron chi connectivity index (χ4n) is 2.10. The van der Waals surface area contributed by atoms with Crippen molar-refractivity contribution in [2.75, 3.05) is 0 Å². The summed E-state index contributed by atoms with van der Waals surface area (Å²) in [5.41, 5.74) is 3.24. The van der Waals surface area contributed by atoms with Gasteiger partial charge in [-0.3, -0.25) is 0 Å². The van der Waals surface area contributed by atoms with Gasteiger partial charge in [-0.05, 0) is 50.5 Å². The summed E-state index contributed by atoms with van der Waals surface area (Å²) in [6.07, 6.45) is 0. The fraction of sp³-hybridized carbons (Fsp3) is 0.278. The zero-order chi connectivity index (χ0) is 14.8. The van der Waals surface area contributed by atoms with E-state index < -0.39 is 5.60 Å². The molecular formula is C18H20O2. The Morgan fingerprint density at radius 3 is 2.05 bits per heavy atom. The van der Waals surface area contributed by atoms with E-state index in [9.17, 15) is 4.79 Å². The molecule has 0 spiro atoms. The molecule has 0 aliphatic rings. The monoisotopic (exact) mass is 268 g/mol.